The monoisotopic (exact) mass is 470 g/mol. The van der Waals surface area contributed by atoms with Crippen molar-refractivity contribution in [2.24, 2.45) is 0 Å². The molecule has 1 aliphatic rings. The minimum atomic E-state index is -0.778. The number of hydrogen-bond donors (Lipinski definition) is 2. The molecule has 2 aromatic rings. The number of carboxylic acids is 1. The van der Waals surface area contributed by atoms with Crippen molar-refractivity contribution in [1.82, 2.24) is 9.97 Å². The van der Waals surface area contributed by atoms with Crippen molar-refractivity contribution >= 4 is 23.0 Å². The summed E-state index contributed by atoms with van der Waals surface area (Å²) in [5.41, 5.74) is 3.37. The number of ether oxygens (including phenoxy) is 2. The van der Waals surface area contributed by atoms with Gasteiger partial charge in [-0.25, -0.2) is 9.97 Å². The maximum Gasteiger partial charge on any atom is 0.316 e. The summed E-state index contributed by atoms with van der Waals surface area (Å²) >= 11 is 0. The van der Waals surface area contributed by atoms with Gasteiger partial charge < -0.3 is 24.8 Å². The first kappa shape index (κ1) is 25.7. The number of aromatic nitrogens is 2. The van der Waals surface area contributed by atoms with Crippen LogP contribution < -0.4 is 15.0 Å². The molecule has 1 saturated heterocycles. The van der Waals surface area contributed by atoms with Crippen LogP contribution in [0.4, 0.5) is 17.1 Å². The Hall–Kier alpha value is -2.87. The Bertz CT molecular complexity index is 925. The molecule has 0 amide bonds. The van der Waals surface area contributed by atoms with E-state index in [4.69, 9.17) is 9.47 Å². The van der Waals surface area contributed by atoms with Crippen molar-refractivity contribution in [3.05, 3.63) is 36.2 Å². The molecule has 1 aliphatic heterocycles. The second kappa shape index (κ2) is 12.0. The zero-order chi connectivity index (χ0) is 24.6. The number of hydrogen-bond acceptors (Lipinski definition) is 7. The van der Waals surface area contributed by atoms with Gasteiger partial charge in [0.2, 0.25) is 0 Å². The standard InChI is InChI=1S/C26H38N4O4/c1-5-26(6-2,16-24(31)32)19-9-10-23(30(7-3)21-11-13-33-14-12-21)22(15-19)29-20-17-27-25(28-18-20)34-8-4/h9-10,15,17-18,21,29H,5-8,11-14,16H2,1-4H3,(H,31,32). The average Bonchev–Trinajstić information content (AvgIpc) is 2.86. The Morgan fingerprint density at radius 2 is 1.85 bits per heavy atom. The molecule has 0 unspecified atom stereocenters. The van der Waals surface area contributed by atoms with E-state index in [0.717, 1.165) is 68.1 Å². The lowest BCUT2D eigenvalue weighted by Gasteiger charge is -2.38. The lowest BCUT2D eigenvalue weighted by molar-refractivity contribution is -0.138. The van der Waals surface area contributed by atoms with Gasteiger partial charge in [0.05, 0.1) is 42.5 Å². The number of anilines is 3. The molecule has 0 saturated carbocycles. The topological polar surface area (TPSA) is 96.8 Å². The Labute approximate surface area is 202 Å². The van der Waals surface area contributed by atoms with Crippen molar-refractivity contribution in [3.8, 4) is 6.01 Å². The summed E-state index contributed by atoms with van der Waals surface area (Å²) < 4.78 is 11.0. The second-order valence-corrected chi connectivity index (χ2v) is 8.73. The number of carbonyl (C=O) groups is 1. The molecule has 2 heterocycles. The second-order valence-electron chi connectivity index (χ2n) is 8.73. The molecule has 8 nitrogen and oxygen atoms in total. The van der Waals surface area contributed by atoms with E-state index < -0.39 is 11.4 Å². The van der Waals surface area contributed by atoms with E-state index in [0.29, 0.717) is 18.7 Å². The Morgan fingerprint density at radius 3 is 2.41 bits per heavy atom. The maximum atomic E-state index is 11.7. The van der Waals surface area contributed by atoms with Gasteiger partial charge in [0.25, 0.3) is 0 Å². The summed E-state index contributed by atoms with van der Waals surface area (Å²) in [6.45, 7) is 11.1. The molecule has 0 spiro atoms. The summed E-state index contributed by atoms with van der Waals surface area (Å²) in [4.78, 5) is 22.7. The van der Waals surface area contributed by atoms with E-state index in [9.17, 15) is 9.90 Å². The fraction of sp³-hybridized carbons (Fsp3) is 0.577. The SMILES string of the molecule is CCOc1ncc(Nc2cc(C(CC)(CC)CC(=O)O)ccc2N(CC)C2CCOCC2)cn1. The fourth-order valence-corrected chi connectivity index (χ4v) is 4.88. The van der Waals surface area contributed by atoms with Crippen LogP contribution >= 0.6 is 0 Å². The van der Waals surface area contributed by atoms with Gasteiger partial charge in [-0.3, -0.25) is 4.79 Å². The average molecular weight is 471 g/mol. The zero-order valence-corrected chi connectivity index (χ0v) is 20.8. The van der Waals surface area contributed by atoms with Gasteiger partial charge in [0.15, 0.2) is 0 Å². The number of rotatable bonds is 12. The van der Waals surface area contributed by atoms with Crippen LogP contribution in [0.2, 0.25) is 0 Å². The summed E-state index contributed by atoms with van der Waals surface area (Å²) in [6, 6.07) is 7.09. The van der Waals surface area contributed by atoms with Crippen molar-refractivity contribution in [3.63, 3.8) is 0 Å². The summed E-state index contributed by atoms with van der Waals surface area (Å²) in [6.07, 6.45) is 6.98. The first-order valence-electron chi connectivity index (χ1n) is 12.4. The molecule has 0 radical (unpaired) electrons. The molecule has 34 heavy (non-hydrogen) atoms. The fourth-order valence-electron chi connectivity index (χ4n) is 4.88. The predicted molar refractivity (Wildman–Crippen MR) is 134 cm³/mol. The summed E-state index contributed by atoms with van der Waals surface area (Å²) in [7, 11) is 0. The van der Waals surface area contributed by atoms with Gasteiger partial charge in [-0.05, 0) is 57.2 Å². The maximum absolute atomic E-state index is 11.7. The van der Waals surface area contributed by atoms with E-state index >= 15 is 0 Å². The first-order chi connectivity index (χ1) is 16.5. The molecule has 0 aliphatic carbocycles. The minimum Gasteiger partial charge on any atom is -0.481 e. The number of benzene rings is 1. The lowest BCUT2D eigenvalue weighted by atomic mass is 9.73. The highest BCUT2D eigenvalue weighted by atomic mass is 16.5. The quantitative estimate of drug-likeness (QED) is 0.439. The Morgan fingerprint density at radius 1 is 1.18 bits per heavy atom. The Balaban J connectivity index is 2.04. The number of carboxylic acid groups (broad SMARTS) is 1. The predicted octanol–water partition coefficient (Wildman–Crippen LogP) is 5.16. The molecule has 1 aromatic heterocycles. The van der Waals surface area contributed by atoms with Gasteiger partial charge >= 0.3 is 12.0 Å². The van der Waals surface area contributed by atoms with Crippen molar-refractivity contribution in [1.29, 1.82) is 0 Å². The molecular weight excluding hydrogens is 432 g/mol. The van der Waals surface area contributed by atoms with Crippen LogP contribution in [0.3, 0.4) is 0 Å². The molecule has 8 heteroatoms. The van der Waals surface area contributed by atoms with Crippen LogP contribution in [0.15, 0.2) is 30.6 Å². The molecule has 2 N–H and O–H groups in total. The largest absolute Gasteiger partial charge is 0.481 e. The van der Waals surface area contributed by atoms with Crippen molar-refractivity contribution in [2.75, 3.05) is 36.6 Å². The van der Waals surface area contributed by atoms with Gasteiger partial charge in [-0.15, -0.1) is 0 Å². The summed E-state index contributed by atoms with van der Waals surface area (Å²) in [5.74, 6) is -0.778. The molecule has 1 aromatic carbocycles. The number of nitrogens with zero attached hydrogens (tertiary/aromatic N) is 3. The van der Waals surface area contributed by atoms with Crippen LogP contribution in [0.1, 0.15) is 65.4 Å². The zero-order valence-electron chi connectivity index (χ0n) is 20.8. The molecule has 1 fully saturated rings. The lowest BCUT2D eigenvalue weighted by Crippen LogP contribution is -2.39. The van der Waals surface area contributed by atoms with Gasteiger partial charge in [0.1, 0.15) is 0 Å². The van der Waals surface area contributed by atoms with Crippen molar-refractivity contribution < 1.29 is 19.4 Å². The molecule has 0 bridgehead atoms. The molecule has 3 rings (SSSR count). The van der Waals surface area contributed by atoms with Gasteiger partial charge in [-0.1, -0.05) is 19.9 Å². The van der Waals surface area contributed by atoms with Crippen LogP contribution in [0.25, 0.3) is 0 Å². The third-order valence-electron chi connectivity index (χ3n) is 6.91. The molecule has 186 valence electrons. The summed E-state index contributed by atoms with van der Waals surface area (Å²) in [5, 5.41) is 13.1. The van der Waals surface area contributed by atoms with Gasteiger partial charge in [-0.2, -0.15) is 0 Å². The van der Waals surface area contributed by atoms with E-state index in [1.807, 2.05) is 6.92 Å². The van der Waals surface area contributed by atoms with E-state index in [-0.39, 0.29) is 6.42 Å². The minimum absolute atomic E-state index is 0.0996. The van der Waals surface area contributed by atoms with E-state index in [2.05, 4.69) is 59.2 Å². The number of aliphatic carboxylic acids is 1. The smallest absolute Gasteiger partial charge is 0.316 e. The normalized spacial score (nSPS) is 14.6. The van der Waals surface area contributed by atoms with E-state index in [1.54, 1.807) is 12.4 Å². The highest BCUT2D eigenvalue weighted by Crippen LogP contribution is 2.40. The molecular formula is C26H38N4O4. The van der Waals surface area contributed by atoms with Crippen molar-refractivity contribution in [2.45, 2.75) is 71.3 Å². The van der Waals surface area contributed by atoms with Crippen LogP contribution in [0.5, 0.6) is 6.01 Å². The third-order valence-corrected chi connectivity index (χ3v) is 6.91. The number of nitrogens with one attached hydrogen (secondary N) is 1. The highest BCUT2D eigenvalue weighted by molar-refractivity contribution is 5.77. The highest BCUT2D eigenvalue weighted by Gasteiger charge is 2.32. The Kier molecular flexibility index (Phi) is 9.10. The molecule has 0 atom stereocenters. The van der Waals surface area contributed by atoms with E-state index in [1.165, 1.54) is 0 Å². The van der Waals surface area contributed by atoms with Crippen LogP contribution in [0, 0.1) is 0 Å². The van der Waals surface area contributed by atoms with Crippen LogP contribution in [-0.2, 0) is 14.9 Å². The first-order valence-corrected chi connectivity index (χ1v) is 12.4. The third kappa shape index (κ3) is 5.97. The van der Waals surface area contributed by atoms with Crippen LogP contribution in [-0.4, -0.2) is 53.5 Å². The van der Waals surface area contributed by atoms with Gasteiger partial charge in [0, 0.05) is 31.2 Å².